The van der Waals surface area contributed by atoms with E-state index < -0.39 is 114 Å². The first-order chi connectivity index (χ1) is 34.7. The summed E-state index contributed by atoms with van der Waals surface area (Å²) in [6.07, 6.45) is 4.62. The molecule has 9 amide bonds. The second-order valence-electron chi connectivity index (χ2n) is 18.5. The van der Waals surface area contributed by atoms with Crippen molar-refractivity contribution in [1.29, 1.82) is 0 Å². The third kappa shape index (κ3) is 19.5. The minimum atomic E-state index is -1.33. The lowest BCUT2D eigenvalue weighted by Gasteiger charge is -2.30. The Kier molecular flexibility index (Phi) is 23.0. The van der Waals surface area contributed by atoms with Gasteiger partial charge in [-0.25, -0.2) is 9.78 Å². The van der Waals surface area contributed by atoms with Crippen LogP contribution in [-0.4, -0.2) is 160 Å². The molecule has 2 aromatic rings. The molecule has 2 saturated heterocycles. The molecule has 1 aromatic heterocycles. The second kappa shape index (κ2) is 29.0. The molecular weight excluding hydrogens is 951 g/mol. The Hall–Kier alpha value is -7.64. The summed E-state index contributed by atoms with van der Waals surface area (Å²) in [5, 5.41) is 31.1. The molecule has 73 heavy (non-hydrogen) atoms. The molecule has 400 valence electrons. The first-order valence-corrected chi connectivity index (χ1v) is 24.4. The standard InChI is InChI=1S/C47H71N15O11/c1-26(2)20-33(42(68)61-35(46(72)73)21-28-10-5-4-6-11-28)59-41(67)31(13-8-18-53-47(49)50)57-39(65)27(3)56-38(64)24-54-44(70)36-14-9-19-62(36)45(71)32(15-16-37(48)63)58-43(69)34(22-29-23-51-25-55-29)60-40(66)30-12-7-17-52-30/h4-6,10-11,23,25-27,30-36,52H,7-9,12-22,24H2,1-3H3,(H2,48,63)(H,51,55)(H,54,70)(H,56,64)(H,57,65)(H,58,69)(H,59,67)(H,60,66)(H,61,68)(H,72,73)(H4,49,50,53)/t27-,30-,31-,32-,33-,34-,35-,36-/m0/s1. The second-order valence-corrected chi connectivity index (χ2v) is 18.5. The number of aromatic nitrogens is 2. The molecule has 8 atom stereocenters. The number of nitrogens with two attached hydrogens (primary N) is 3. The number of benzene rings is 1. The molecule has 2 aliphatic heterocycles. The molecule has 0 bridgehead atoms. The molecule has 0 aliphatic carbocycles. The van der Waals surface area contributed by atoms with Gasteiger partial charge in [-0.2, -0.15) is 0 Å². The fraction of sp³-hybridized carbons (Fsp3) is 0.574. The highest BCUT2D eigenvalue weighted by Gasteiger charge is 2.39. The van der Waals surface area contributed by atoms with Crippen molar-refractivity contribution in [3.05, 3.63) is 54.1 Å². The molecule has 16 N–H and O–H groups in total. The van der Waals surface area contributed by atoms with Gasteiger partial charge in [0.05, 0.1) is 18.9 Å². The third-order valence-electron chi connectivity index (χ3n) is 12.1. The van der Waals surface area contributed by atoms with Crippen LogP contribution in [0.5, 0.6) is 0 Å². The number of carboxylic acid groups (broad SMARTS) is 1. The number of carbonyl (C=O) groups is 10. The van der Waals surface area contributed by atoms with E-state index in [4.69, 9.17) is 17.2 Å². The Balaban J connectivity index is 1.38. The van der Waals surface area contributed by atoms with Crippen LogP contribution >= 0.6 is 0 Å². The monoisotopic (exact) mass is 1020 g/mol. The number of primary amides is 1. The molecule has 0 spiro atoms. The SMILES string of the molecule is CC(C)C[C@H](NC(=O)[C@H](CCCN=C(N)N)NC(=O)[C@H](C)NC(=O)CNC(=O)[C@@H]1CCCN1C(=O)[C@H](CCC(N)=O)NC(=O)[C@H](Cc1cnc[nH]1)NC(=O)[C@@H]1CCCN1)C(=O)N[C@@H](Cc1ccccc1)C(=O)O. The maximum absolute atomic E-state index is 14.1. The number of aromatic amines is 1. The summed E-state index contributed by atoms with van der Waals surface area (Å²) in [5.74, 6) is -8.00. The quantitative estimate of drug-likeness (QED) is 0.0213. The summed E-state index contributed by atoms with van der Waals surface area (Å²) in [7, 11) is 0. The van der Waals surface area contributed by atoms with Crippen molar-refractivity contribution in [3.63, 3.8) is 0 Å². The first kappa shape index (κ1) is 57.9. The van der Waals surface area contributed by atoms with Gasteiger partial charge in [0, 0.05) is 44.2 Å². The fourth-order valence-electron chi connectivity index (χ4n) is 8.34. The Labute approximate surface area is 422 Å². The van der Waals surface area contributed by atoms with Crippen LogP contribution in [0.1, 0.15) is 89.8 Å². The Bertz CT molecular complexity index is 2250. The molecule has 1 aromatic carbocycles. The molecule has 3 heterocycles. The van der Waals surface area contributed by atoms with Crippen molar-refractivity contribution in [3.8, 4) is 0 Å². The number of guanidine groups is 1. The number of amides is 9. The molecule has 2 aliphatic rings. The molecule has 26 nitrogen and oxygen atoms in total. The molecule has 0 radical (unpaired) electrons. The number of likely N-dealkylation sites (tertiary alicyclic amines) is 1. The zero-order chi connectivity index (χ0) is 53.6. The average molecular weight is 1020 g/mol. The number of hydrogen-bond donors (Lipinski definition) is 13. The predicted molar refractivity (Wildman–Crippen MR) is 264 cm³/mol. The van der Waals surface area contributed by atoms with Gasteiger partial charge in [-0.3, -0.25) is 48.1 Å². The maximum Gasteiger partial charge on any atom is 0.326 e. The number of nitrogens with zero attached hydrogens (tertiary/aromatic N) is 3. The number of carboxylic acids is 1. The van der Waals surface area contributed by atoms with E-state index in [1.807, 2.05) is 13.8 Å². The van der Waals surface area contributed by atoms with E-state index in [2.05, 4.69) is 57.5 Å². The number of hydrogen-bond acceptors (Lipinski definition) is 13. The van der Waals surface area contributed by atoms with Crippen LogP contribution in [0, 0.1) is 5.92 Å². The van der Waals surface area contributed by atoms with E-state index >= 15 is 0 Å². The summed E-state index contributed by atoms with van der Waals surface area (Å²) < 4.78 is 0. The van der Waals surface area contributed by atoms with E-state index in [1.165, 1.54) is 24.3 Å². The summed E-state index contributed by atoms with van der Waals surface area (Å²) in [4.78, 5) is 145. The van der Waals surface area contributed by atoms with Gasteiger partial charge in [-0.05, 0) is 76.3 Å². The van der Waals surface area contributed by atoms with E-state index in [0.717, 1.165) is 6.42 Å². The molecule has 0 saturated carbocycles. The number of rotatable bonds is 29. The van der Waals surface area contributed by atoms with Crippen molar-refractivity contribution < 1.29 is 53.1 Å². The van der Waals surface area contributed by atoms with E-state index in [1.54, 1.807) is 30.3 Å². The number of carbonyl (C=O) groups excluding carboxylic acids is 9. The predicted octanol–water partition coefficient (Wildman–Crippen LogP) is -3.57. The number of H-pyrrole nitrogens is 1. The minimum Gasteiger partial charge on any atom is -0.480 e. The van der Waals surface area contributed by atoms with Gasteiger partial charge in [-0.1, -0.05) is 44.2 Å². The van der Waals surface area contributed by atoms with Crippen molar-refractivity contribution in [2.75, 3.05) is 26.2 Å². The van der Waals surface area contributed by atoms with Crippen molar-refractivity contribution in [1.82, 2.24) is 57.4 Å². The summed E-state index contributed by atoms with van der Waals surface area (Å²) in [6.45, 7) is 5.15. The van der Waals surface area contributed by atoms with Gasteiger partial charge >= 0.3 is 5.97 Å². The number of imidazole rings is 1. The minimum absolute atomic E-state index is 0.00176. The largest absolute Gasteiger partial charge is 0.480 e. The smallest absolute Gasteiger partial charge is 0.326 e. The van der Waals surface area contributed by atoms with Gasteiger partial charge in [0.2, 0.25) is 53.2 Å². The van der Waals surface area contributed by atoms with E-state index in [-0.39, 0.29) is 76.3 Å². The van der Waals surface area contributed by atoms with Gasteiger partial charge in [0.25, 0.3) is 0 Å². The van der Waals surface area contributed by atoms with Crippen LogP contribution in [0.25, 0.3) is 0 Å². The van der Waals surface area contributed by atoms with Crippen LogP contribution in [0.3, 0.4) is 0 Å². The van der Waals surface area contributed by atoms with Crippen LogP contribution in [0.4, 0.5) is 0 Å². The fourth-order valence-corrected chi connectivity index (χ4v) is 8.34. The molecular formula is C47H71N15O11. The summed E-state index contributed by atoms with van der Waals surface area (Å²) >= 11 is 0. The van der Waals surface area contributed by atoms with Gasteiger partial charge in [0.15, 0.2) is 5.96 Å². The van der Waals surface area contributed by atoms with Gasteiger partial charge < -0.3 is 74.7 Å². The lowest BCUT2D eigenvalue weighted by molar-refractivity contribution is -0.142. The van der Waals surface area contributed by atoms with Gasteiger partial charge in [-0.15, -0.1) is 0 Å². The summed E-state index contributed by atoms with van der Waals surface area (Å²) in [5.41, 5.74) is 17.5. The first-order valence-electron chi connectivity index (χ1n) is 24.4. The van der Waals surface area contributed by atoms with Gasteiger partial charge in [0.1, 0.15) is 42.3 Å². The normalized spacial score (nSPS) is 17.6. The Morgan fingerprint density at radius 2 is 1.44 bits per heavy atom. The van der Waals surface area contributed by atoms with E-state index in [0.29, 0.717) is 30.6 Å². The van der Waals surface area contributed by atoms with Crippen molar-refractivity contribution in [2.45, 2.75) is 140 Å². The number of aliphatic carboxylic acids is 1. The summed E-state index contributed by atoms with van der Waals surface area (Å²) in [6, 6.07) is -0.431. The number of aliphatic imine (C=N–C) groups is 1. The molecule has 0 unspecified atom stereocenters. The highest BCUT2D eigenvalue weighted by atomic mass is 16.4. The lowest BCUT2D eigenvalue weighted by atomic mass is 10.0. The molecule has 2 fully saturated rings. The van der Waals surface area contributed by atoms with Crippen LogP contribution in [0.15, 0.2) is 47.8 Å². The van der Waals surface area contributed by atoms with Crippen LogP contribution in [-0.2, 0) is 60.8 Å². The molecule has 26 heteroatoms. The lowest BCUT2D eigenvalue weighted by Crippen LogP contribution is -2.58. The van der Waals surface area contributed by atoms with Crippen LogP contribution in [0.2, 0.25) is 0 Å². The average Bonchev–Trinajstić information content (AvgIpc) is 4.17. The number of nitrogens with one attached hydrogen (secondary N) is 9. The van der Waals surface area contributed by atoms with Crippen molar-refractivity contribution >= 4 is 65.1 Å². The molecule has 4 rings (SSSR count). The van der Waals surface area contributed by atoms with Crippen LogP contribution < -0.4 is 59.7 Å². The van der Waals surface area contributed by atoms with Crippen molar-refractivity contribution in [2.24, 2.45) is 28.1 Å². The zero-order valence-corrected chi connectivity index (χ0v) is 41.4. The topological polar surface area (TPSA) is 410 Å². The Morgan fingerprint density at radius 3 is 2.07 bits per heavy atom. The van der Waals surface area contributed by atoms with E-state index in [9.17, 15) is 53.1 Å². The highest BCUT2D eigenvalue weighted by Crippen LogP contribution is 2.20. The highest BCUT2D eigenvalue weighted by molar-refractivity contribution is 5.98. The zero-order valence-electron chi connectivity index (χ0n) is 41.4. The Morgan fingerprint density at radius 1 is 0.767 bits per heavy atom. The third-order valence-corrected chi connectivity index (χ3v) is 12.1. The maximum atomic E-state index is 14.1.